The predicted molar refractivity (Wildman–Crippen MR) is 78.3 cm³/mol. The van der Waals surface area contributed by atoms with Crippen LogP contribution in [-0.4, -0.2) is 11.5 Å². The molecular formula is C15H17F3N2S. The third-order valence-electron chi connectivity index (χ3n) is 3.14. The van der Waals surface area contributed by atoms with E-state index in [1.165, 1.54) is 23.5 Å². The summed E-state index contributed by atoms with van der Waals surface area (Å²) in [6, 6.07) is 5.44. The zero-order chi connectivity index (χ0) is 15.3. The van der Waals surface area contributed by atoms with Gasteiger partial charge in [-0.05, 0) is 31.0 Å². The number of thiazole rings is 1. The highest BCUT2D eigenvalue weighted by molar-refractivity contribution is 7.07. The number of hydrogen-bond donors (Lipinski definition) is 1. The highest BCUT2D eigenvalue weighted by Gasteiger charge is 2.30. The largest absolute Gasteiger partial charge is 0.416 e. The van der Waals surface area contributed by atoms with Crippen molar-refractivity contribution in [3.8, 4) is 0 Å². The van der Waals surface area contributed by atoms with Gasteiger partial charge in [0.2, 0.25) is 0 Å². The van der Waals surface area contributed by atoms with Gasteiger partial charge in [-0.2, -0.15) is 13.2 Å². The highest BCUT2D eigenvalue weighted by atomic mass is 32.1. The van der Waals surface area contributed by atoms with Gasteiger partial charge in [-0.25, -0.2) is 4.98 Å². The second kappa shape index (κ2) is 7.04. The topological polar surface area (TPSA) is 24.9 Å². The van der Waals surface area contributed by atoms with Crippen molar-refractivity contribution in [2.75, 3.05) is 6.54 Å². The molecular weight excluding hydrogens is 297 g/mol. The summed E-state index contributed by atoms with van der Waals surface area (Å²) >= 11 is 1.49. The molecule has 0 aliphatic heterocycles. The van der Waals surface area contributed by atoms with Crippen molar-refractivity contribution >= 4 is 11.3 Å². The summed E-state index contributed by atoms with van der Waals surface area (Å²) in [6.07, 6.45) is -2.85. The van der Waals surface area contributed by atoms with E-state index in [0.29, 0.717) is 12.0 Å². The van der Waals surface area contributed by atoms with Crippen LogP contribution in [0.2, 0.25) is 0 Å². The molecule has 0 saturated carbocycles. The van der Waals surface area contributed by atoms with Crippen LogP contribution >= 0.6 is 11.3 Å². The van der Waals surface area contributed by atoms with Crippen LogP contribution in [0.25, 0.3) is 0 Å². The van der Waals surface area contributed by atoms with Gasteiger partial charge in [-0.3, -0.25) is 0 Å². The number of hydrogen-bond acceptors (Lipinski definition) is 3. The fourth-order valence-electron chi connectivity index (χ4n) is 2.10. The van der Waals surface area contributed by atoms with Crippen LogP contribution < -0.4 is 5.32 Å². The Hall–Kier alpha value is -1.40. The summed E-state index contributed by atoms with van der Waals surface area (Å²) in [6.45, 7) is 2.86. The normalized spacial score (nSPS) is 13.3. The van der Waals surface area contributed by atoms with E-state index in [4.69, 9.17) is 0 Å². The Morgan fingerprint density at radius 1 is 1.33 bits per heavy atom. The Balaban J connectivity index is 2.17. The van der Waals surface area contributed by atoms with Gasteiger partial charge in [0.15, 0.2) is 0 Å². The number of aromatic nitrogens is 1. The van der Waals surface area contributed by atoms with Crippen molar-refractivity contribution in [3.63, 3.8) is 0 Å². The van der Waals surface area contributed by atoms with E-state index in [-0.39, 0.29) is 6.04 Å². The zero-order valence-corrected chi connectivity index (χ0v) is 12.5. The molecule has 1 aromatic heterocycles. The Bertz CT molecular complexity index is 552. The lowest BCUT2D eigenvalue weighted by Crippen LogP contribution is -2.24. The lowest BCUT2D eigenvalue weighted by Gasteiger charge is -2.17. The minimum atomic E-state index is -4.30. The molecule has 1 atom stereocenters. The second-order valence-electron chi connectivity index (χ2n) is 4.82. The fraction of sp³-hybridized carbons (Fsp3) is 0.400. The van der Waals surface area contributed by atoms with Crippen LogP contribution in [-0.2, 0) is 12.6 Å². The van der Waals surface area contributed by atoms with Crippen molar-refractivity contribution < 1.29 is 13.2 Å². The fourth-order valence-corrected chi connectivity index (χ4v) is 2.71. The van der Waals surface area contributed by atoms with E-state index >= 15 is 0 Å². The Kier molecular flexibility index (Phi) is 5.36. The molecule has 2 aromatic rings. The highest BCUT2D eigenvalue weighted by Crippen LogP contribution is 2.30. The summed E-state index contributed by atoms with van der Waals surface area (Å²) in [5.74, 6) is 0. The number of rotatable bonds is 6. The Labute approximate surface area is 126 Å². The molecule has 0 bridgehead atoms. The van der Waals surface area contributed by atoms with E-state index in [2.05, 4.69) is 17.2 Å². The molecule has 0 aliphatic rings. The first kappa shape index (κ1) is 16.0. The van der Waals surface area contributed by atoms with Crippen LogP contribution in [0.1, 0.15) is 36.2 Å². The lowest BCUT2D eigenvalue weighted by atomic mass is 10.0. The molecule has 2 nitrogen and oxygen atoms in total. The molecule has 0 spiro atoms. The first-order chi connectivity index (χ1) is 10.0. The summed E-state index contributed by atoms with van der Waals surface area (Å²) in [5.41, 5.74) is 2.67. The van der Waals surface area contributed by atoms with Crippen molar-refractivity contribution in [3.05, 3.63) is 52.0 Å². The van der Waals surface area contributed by atoms with Gasteiger partial charge >= 0.3 is 6.18 Å². The maximum Gasteiger partial charge on any atom is 0.416 e. The van der Waals surface area contributed by atoms with Gasteiger partial charge < -0.3 is 5.32 Å². The Morgan fingerprint density at radius 2 is 2.14 bits per heavy atom. The summed E-state index contributed by atoms with van der Waals surface area (Å²) in [7, 11) is 0. The van der Waals surface area contributed by atoms with Crippen molar-refractivity contribution in [1.29, 1.82) is 0 Å². The van der Waals surface area contributed by atoms with Gasteiger partial charge in [0.05, 0.1) is 22.8 Å². The molecule has 0 radical (unpaired) electrons. The third-order valence-corrected chi connectivity index (χ3v) is 3.75. The quantitative estimate of drug-likeness (QED) is 0.852. The van der Waals surface area contributed by atoms with E-state index in [0.717, 1.165) is 24.7 Å². The van der Waals surface area contributed by atoms with Gasteiger partial charge in [0.25, 0.3) is 0 Å². The third kappa shape index (κ3) is 4.54. The number of nitrogens with one attached hydrogen (secondary N) is 1. The first-order valence-corrected chi connectivity index (χ1v) is 7.72. The minimum absolute atomic E-state index is 0.0558. The maximum absolute atomic E-state index is 12.8. The van der Waals surface area contributed by atoms with E-state index in [1.807, 2.05) is 5.38 Å². The number of halogens is 3. The van der Waals surface area contributed by atoms with Crippen molar-refractivity contribution in [2.24, 2.45) is 0 Å². The van der Waals surface area contributed by atoms with Crippen LogP contribution in [0.4, 0.5) is 13.2 Å². The predicted octanol–water partition coefficient (Wildman–Crippen LogP) is 4.45. The summed E-state index contributed by atoms with van der Waals surface area (Å²) in [4.78, 5) is 4.27. The molecule has 1 aromatic carbocycles. The van der Waals surface area contributed by atoms with Crippen LogP contribution in [0, 0.1) is 0 Å². The molecule has 6 heteroatoms. The van der Waals surface area contributed by atoms with E-state index in [9.17, 15) is 13.2 Å². The zero-order valence-electron chi connectivity index (χ0n) is 11.7. The average Bonchev–Trinajstić information content (AvgIpc) is 2.97. The van der Waals surface area contributed by atoms with E-state index in [1.54, 1.807) is 11.6 Å². The monoisotopic (exact) mass is 314 g/mol. The molecule has 114 valence electrons. The summed E-state index contributed by atoms with van der Waals surface area (Å²) < 4.78 is 38.3. The van der Waals surface area contributed by atoms with Crippen LogP contribution in [0.15, 0.2) is 35.2 Å². The van der Waals surface area contributed by atoms with Gasteiger partial charge in [0.1, 0.15) is 0 Å². The molecule has 1 unspecified atom stereocenters. The number of nitrogens with zero attached hydrogens (tertiary/aromatic N) is 1. The first-order valence-electron chi connectivity index (χ1n) is 6.78. The smallest absolute Gasteiger partial charge is 0.308 e. The molecule has 0 fully saturated rings. The van der Waals surface area contributed by atoms with Gasteiger partial charge in [-0.15, -0.1) is 11.3 Å². The van der Waals surface area contributed by atoms with Gasteiger partial charge in [0, 0.05) is 5.38 Å². The lowest BCUT2D eigenvalue weighted by molar-refractivity contribution is -0.137. The number of alkyl halides is 3. The van der Waals surface area contributed by atoms with Gasteiger partial charge in [-0.1, -0.05) is 25.1 Å². The molecule has 0 aliphatic carbocycles. The minimum Gasteiger partial charge on any atom is -0.308 e. The number of benzene rings is 1. The molecule has 21 heavy (non-hydrogen) atoms. The Morgan fingerprint density at radius 3 is 2.76 bits per heavy atom. The standard InChI is InChI=1S/C15H17F3N2S/c1-2-6-19-13(14-9-21-10-20-14)8-11-4-3-5-12(7-11)15(16,17)18/h3-5,7,9-10,13,19H,2,6,8H2,1H3. The van der Waals surface area contributed by atoms with Crippen LogP contribution in [0.3, 0.4) is 0 Å². The second-order valence-corrected chi connectivity index (χ2v) is 5.54. The molecule has 0 amide bonds. The van der Waals surface area contributed by atoms with E-state index < -0.39 is 11.7 Å². The maximum atomic E-state index is 12.8. The summed E-state index contributed by atoms with van der Waals surface area (Å²) in [5, 5.41) is 5.27. The SMILES string of the molecule is CCCNC(Cc1cccc(C(F)(F)F)c1)c1cscn1. The molecule has 2 rings (SSSR count). The molecule has 1 N–H and O–H groups in total. The molecule has 1 heterocycles. The molecule has 0 saturated heterocycles. The van der Waals surface area contributed by atoms with Crippen molar-refractivity contribution in [2.45, 2.75) is 32.0 Å². The van der Waals surface area contributed by atoms with Crippen LogP contribution in [0.5, 0.6) is 0 Å². The van der Waals surface area contributed by atoms with Crippen molar-refractivity contribution in [1.82, 2.24) is 10.3 Å². The average molecular weight is 314 g/mol.